The highest BCUT2D eigenvalue weighted by Crippen LogP contribution is 2.35. The highest BCUT2D eigenvalue weighted by molar-refractivity contribution is 5.86. The average molecular weight is 360 g/mol. The van der Waals surface area contributed by atoms with Crippen molar-refractivity contribution >= 4 is 11.0 Å². The second-order valence-corrected chi connectivity index (χ2v) is 6.56. The SMILES string of the molecule is CCC=CCCOc1ccc2c(OC(C)C)c(OC(C)C)c(=O)oc2c1. The van der Waals surface area contributed by atoms with E-state index in [1.54, 1.807) is 6.07 Å². The Balaban J connectivity index is 2.36. The van der Waals surface area contributed by atoms with Crippen LogP contribution in [0.3, 0.4) is 0 Å². The Labute approximate surface area is 154 Å². The Morgan fingerprint density at radius 2 is 1.73 bits per heavy atom. The predicted octanol–water partition coefficient (Wildman–Crippen LogP) is 5.10. The van der Waals surface area contributed by atoms with Crippen LogP contribution in [0.4, 0.5) is 0 Å². The van der Waals surface area contributed by atoms with E-state index in [2.05, 4.69) is 19.1 Å². The molecule has 0 bridgehead atoms. The van der Waals surface area contributed by atoms with E-state index in [4.69, 9.17) is 18.6 Å². The van der Waals surface area contributed by atoms with Gasteiger partial charge in [0.2, 0.25) is 5.75 Å². The number of ether oxygens (including phenoxy) is 3. The number of hydrogen-bond donors (Lipinski definition) is 0. The van der Waals surface area contributed by atoms with E-state index >= 15 is 0 Å². The first-order valence-corrected chi connectivity index (χ1v) is 9.14. The summed E-state index contributed by atoms with van der Waals surface area (Å²) in [4.78, 5) is 12.4. The van der Waals surface area contributed by atoms with Crippen molar-refractivity contribution in [3.63, 3.8) is 0 Å². The minimum absolute atomic E-state index is 0.101. The van der Waals surface area contributed by atoms with Crippen LogP contribution in [-0.4, -0.2) is 18.8 Å². The molecule has 1 aromatic heterocycles. The summed E-state index contributed by atoms with van der Waals surface area (Å²) in [6.45, 7) is 10.2. The summed E-state index contributed by atoms with van der Waals surface area (Å²) in [6.07, 6.45) is 5.78. The number of benzene rings is 1. The fourth-order valence-corrected chi connectivity index (χ4v) is 2.45. The zero-order valence-corrected chi connectivity index (χ0v) is 16.2. The summed E-state index contributed by atoms with van der Waals surface area (Å²) >= 11 is 0. The van der Waals surface area contributed by atoms with Gasteiger partial charge in [-0.25, -0.2) is 4.79 Å². The lowest BCUT2D eigenvalue weighted by molar-refractivity contribution is 0.193. The van der Waals surface area contributed by atoms with Crippen LogP contribution in [0.15, 0.2) is 39.6 Å². The van der Waals surface area contributed by atoms with E-state index in [0.717, 1.165) is 12.8 Å². The van der Waals surface area contributed by atoms with Gasteiger partial charge in [-0.1, -0.05) is 19.1 Å². The molecule has 1 heterocycles. The molecule has 0 saturated carbocycles. The van der Waals surface area contributed by atoms with Crippen LogP contribution in [0.25, 0.3) is 11.0 Å². The number of fused-ring (bicyclic) bond motifs is 1. The summed E-state index contributed by atoms with van der Waals surface area (Å²) in [5, 5.41) is 0.687. The Hall–Kier alpha value is -2.43. The second kappa shape index (κ2) is 9.32. The molecule has 0 atom stereocenters. The van der Waals surface area contributed by atoms with E-state index in [1.807, 2.05) is 39.8 Å². The summed E-state index contributed by atoms with van der Waals surface area (Å²) in [5.74, 6) is 1.18. The monoisotopic (exact) mass is 360 g/mol. The first kappa shape index (κ1) is 19.9. The molecule has 0 N–H and O–H groups in total. The molecule has 2 rings (SSSR count). The van der Waals surface area contributed by atoms with Crippen LogP contribution < -0.4 is 19.8 Å². The van der Waals surface area contributed by atoms with E-state index < -0.39 is 5.63 Å². The van der Waals surface area contributed by atoms with Gasteiger partial charge in [0.05, 0.1) is 24.2 Å². The molecule has 0 saturated heterocycles. The minimum Gasteiger partial charge on any atom is -0.493 e. The molecular formula is C21H28O5. The van der Waals surface area contributed by atoms with Crippen molar-refractivity contribution in [3.8, 4) is 17.2 Å². The summed E-state index contributed by atoms with van der Waals surface area (Å²) in [7, 11) is 0. The van der Waals surface area contributed by atoms with Crippen molar-refractivity contribution in [3.05, 3.63) is 40.8 Å². The highest BCUT2D eigenvalue weighted by Gasteiger charge is 2.20. The molecule has 0 radical (unpaired) electrons. The summed E-state index contributed by atoms with van der Waals surface area (Å²) < 4.78 is 22.7. The fraction of sp³-hybridized carbons (Fsp3) is 0.476. The lowest BCUT2D eigenvalue weighted by Crippen LogP contribution is -2.17. The minimum atomic E-state index is -0.551. The molecule has 0 unspecified atom stereocenters. The summed E-state index contributed by atoms with van der Waals surface area (Å²) in [6, 6.07) is 5.39. The number of allylic oxidation sites excluding steroid dienone is 1. The molecule has 0 spiro atoms. The van der Waals surface area contributed by atoms with Gasteiger partial charge in [-0.15, -0.1) is 0 Å². The average Bonchev–Trinajstić information content (AvgIpc) is 2.57. The van der Waals surface area contributed by atoms with Gasteiger partial charge in [0.15, 0.2) is 5.75 Å². The standard InChI is InChI=1S/C21H28O5/c1-6-7-8-9-12-23-16-10-11-17-18(13-16)26-21(22)20(25-15(4)5)19(17)24-14(2)3/h7-8,10-11,13-15H,6,9,12H2,1-5H3. The lowest BCUT2D eigenvalue weighted by atomic mass is 10.2. The zero-order chi connectivity index (χ0) is 19.1. The van der Waals surface area contributed by atoms with Gasteiger partial charge in [0.25, 0.3) is 0 Å². The van der Waals surface area contributed by atoms with Crippen molar-refractivity contribution in [2.24, 2.45) is 0 Å². The van der Waals surface area contributed by atoms with Crippen LogP contribution in [-0.2, 0) is 0 Å². The quantitative estimate of drug-likeness (QED) is 0.354. The molecule has 0 aliphatic rings. The number of hydrogen-bond acceptors (Lipinski definition) is 5. The molecule has 0 fully saturated rings. The van der Waals surface area contributed by atoms with Crippen molar-refractivity contribution in [1.29, 1.82) is 0 Å². The van der Waals surface area contributed by atoms with E-state index in [9.17, 15) is 4.79 Å². The number of rotatable bonds is 9. The maximum atomic E-state index is 12.4. The van der Waals surface area contributed by atoms with Crippen molar-refractivity contribution < 1.29 is 18.6 Å². The third-order valence-electron chi connectivity index (χ3n) is 3.45. The zero-order valence-electron chi connectivity index (χ0n) is 16.2. The molecule has 0 aliphatic heterocycles. The molecule has 0 aliphatic carbocycles. The van der Waals surface area contributed by atoms with Crippen molar-refractivity contribution in [1.82, 2.24) is 0 Å². The second-order valence-electron chi connectivity index (χ2n) is 6.56. The van der Waals surface area contributed by atoms with Crippen LogP contribution in [0, 0.1) is 0 Å². The van der Waals surface area contributed by atoms with Gasteiger partial charge in [-0.05, 0) is 52.7 Å². The summed E-state index contributed by atoms with van der Waals surface area (Å²) in [5.41, 5.74) is -0.131. The Bertz CT molecular complexity index is 802. The molecular weight excluding hydrogens is 332 g/mol. The molecule has 26 heavy (non-hydrogen) atoms. The van der Waals surface area contributed by atoms with Gasteiger partial charge >= 0.3 is 5.63 Å². The topological polar surface area (TPSA) is 57.9 Å². The molecule has 2 aromatic rings. The molecule has 0 amide bonds. The van der Waals surface area contributed by atoms with E-state index in [-0.39, 0.29) is 18.0 Å². The van der Waals surface area contributed by atoms with Crippen LogP contribution in [0.5, 0.6) is 17.2 Å². The molecule has 5 heteroatoms. The Morgan fingerprint density at radius 1 is 1.04 bits per heavy atom. The van der Waals surface area contributed by atoms with Crippen molar-refractivity contribution in [2.45, 2.75) is 59.7 Å². The molecule has 5 nitrogen and oxygen atoms in total. The van der Waals surface area contributed by atoms with Crippen LogP contribution in [0.1, 0.15) is 47.5 Å². The first-order valence-electron chi connectivity index (χ1n) is 9.14. The third kappa shape index (κ3) is 5.28. The van der Waals surface area contributed by atoms with E-state index in [1.165, 1.54) is 0 Å². The Morgan fingerprint density at radius 3 is 2.38 bits per heavy atom. The maximum absolute atomic E-state index is 12.4. The lowest BCUT2D eigenvalue weighted by Gasteiger charge is -2.17. The van der Waals surface area contributed by atoms with Gasteiger partial charge in [-0.3, -0.25) is 0 Å². The van der Waals surface area contributed by atoms with Gasteiger partial charge in [0, 0.05) is 6.07 Å². The predicted molar refractivity (Wildman–Crippen MR) is 104 cm³/mol. The highest BCUT2D eigenvalue weighted by atomic mass is 16.5. The van der Waals surface area contributed by atoms with Gasteiger partial charge < -0.3 is 18.6 Å². The normalized spacial score (nSPS) is 11.7. The molecule has 142 valence electrons. The molecule has 1 aromatic carbocycles. The smallest absolute Gasteiger partial charge is 0.383 e. The first-order chi connectivity index (χ1) is 12.4. The van der Waals surface area contributed by atoms with Crippen molar-refractivity contribution in [2.75, 3.05) is 6.61 Å². The largest absolute Gasteiger partial charge is 0.493 e. The van der Waals surface area contributed by atoms with E-state index in [0.29, 0.717) is 29.1 Å². The van der Waals surface area contributed by atoms with Gasteiger partial charge in [-0.2, -0.15) is 0 Å². The fourth-order valence-electron chi connectivity index (χ4n) is 2.45. The maximum Gasteiger partial charge on any atom is 0.383 e. The van der Waals surface area contributed by atoms with Gasteiger partial charge in [0.1, 0.15) is 11.3 Å². The Kier molecular flexibility index (Phi) is 7.13. The van der Waals surface area contributed by atoms with Crippen LogP contribution in [0.2, 0.25) is 0 Å². The van der Waals surface area contributed by atoms with Crippen LogP contribution >= 0.6 is 0 Å². The third-order valence-corrected chi connectivity index (χ3v) is 3.45.